The fourth-order valence-corrected chi connectivity index (χ4v) is 4.93. The summed E-state index contributed by atoms with van der Waals surface area (Å²) in [4.78, 5) is 15.3. The van der Waals surface area contributed by atoms with Crippen molar-refractivity contribution in [2.24, 2.45) is 5.41 Å². The molecule has 2 aliphatic heterocycles. The Morgan fingerprint density at radius 3 is 2.62 bits per heavy atom. The lowest BCUT2D eigenvalue weighted by Crippen LogP contribution is -3.00. The van der Waals surface area contributed by atoms with Crippen molar-refractivity contribution in [2.45, 2.75) is 32.1 Å². The highest BCUT2D eigenvalue weighted by molar-refractivity contribution is 6.01. The topological polar surface area (TPSA) is 78.3 Å². The van der Waals surface area contributed by atoms with Gasteiger partial charge in [-0.15, -0.1) is 0 Å². The first-order valence-corrected chi connectivity index (χ1v) is 11.0. The number of hydroxylamine groups is 1. The maximum absolute atomic E-state index is 13.2. The van der Waals surface area contributed by atoms with Crippen LogP contribution in [0, 0.1) is 10.6 Å². The number of carbonyl (C=O) groups excluding carboxylic acids is 1. The molecule has 7 nitrogen and oxygen atoms in total. The minimum absolute atomic E-state index is 0.0298. The maximum atomic E-state index is 13.2. The monoisotopic (exact) mass is 435 g/mol. The predicted octanol–water partition coefficient (Wildman–Crippen LogP) is 3.04. The number of rotatable bonds is 6. The van der Waals surface area contributed by atoms with Gasteiger partial charge in [0.05, 0.1) is 10.8 Å². The van der Waals surface area contributed by atoms with Gasteiger partial charge in [0.2, 0.25) is 12.7 Å². The summed E-state index contributed by atoms with van der Waals surface area (Å²) >= 11 is 0. The quantitative estimate of drug-likeness (QED) is 0.682. The fraction of sp³-hybridized carbons (Fsp3) is 0.400. The molecule has 2 heterocycles. The Hall–Kier alpha value is -2.87. The molecular weight excluding hydrogens is 406 g/mol. The van der Waals surface area contributed by atoms with Crippen LogP contribution in [-0.4, -0.2) is 38.2 Å². The molecule has 2 aromatic rings. The highest BCUT2D eigenvalue weighted by Gasteiger charge is 2.51. The van der Waals surface area contributed by atoms with Crippen molar-refractivity contribution < 1.29 is 19.3 Å². The molecule has 1 fully saturated rings. The first-order valence-electron chi connectivity index (χ1n) is 11.0. The lowest BCUT2D eigenvalue weighted by atomic mass is 9.88. The second-order valence-electron chi connectivity index (χ2n) is 9.92. The Morgan fingerprint density at radius 1 is 1.16 bits per heavy atom. The van der Waals surface area contributed by atoms with Gasteiger partial charge in [-0.25, -0.2) is 0 Å². The maximum Gasteiger partial charge on any atom is 0.235 e. The van der Waals surface area contributed by atoms with E-state index in [1.54, 1.807) is 0 Å². The Bertz CT molecular complexity index is 1120. The molecule has 0 radical (unpaired) electrons. The Kier molecular flexibility index (Phi) is 4.81. The zero-order valence-corrected chi connectivity index (χ0v) is 19.0. The van der Waals surface area contributed by atoms with E-state index in [4.69, 9.17) is 9.47 Å². The molecule has 1 aliphatic carbocycles. The number of ether oxygens (including phenoxy) is 2. The van der Waals surface area contributed by atoms with E-state index in [2.05, 4.69) is 24.1 Å². The molecule has 2 aromatic carbocycles. The summed E-state index contributed by atoms with van der Waals surface area (Å²) in [5.74, 6) is 1.38. The van der Waals surface area contributed by atoms with Crippen LogP contribution in [-0.2, 0) is 10.2 Å². The van der Waals surface area contributed by atoms with E-state index >= 15 is 0 Å². The summed E-state index contributed by atoms with van der Waals surface area (Å²) in [5.41, 5.74) is 3.22. The summed E-state index contributed by atoms with van der Waals surface area (Å²) in [6.45, 7) is 5.17. The molecular formula is C25H29N3O4. The summed E-state index contributed by atoms with van der Waals surface area (Å²) in [6.07, 6.45) is 3.57. The van der Waals surface area contributed by atoms with Crippen LogP contribution in [0.4, 0.5) is 11.4 Å². The van der Waals surface area contributed by atoms with Gasteiger partial charge in [-0.3, -0.25) is 4.79 Å². The molecule has 3 aliphatic rings. The molecule has 5 rings (SSSR count). The van der Waals surface area contributed by atoms with E-state index in [9.17, 15) is 10.0 Å². The van der Waals surface area contributed by atoms with Gasteiger partial charge in [-0.2, -0.15) is 0 Å². The molecule has 1 amide bonds. The highest BCUT2D eigenvalue weighted by Crippen LogP contribution is 2.51. The zero-order chi connectivity index (χ0) is 22.7. The standard InChI is InChI=1S/C25H29N3O4/c1-24(2,14-27(3)4)22-12-16-11-18(6-7-19(16)28(22)30)26-23(29)25(9-10-25)17-5-8-20-21(13-17)32-15-31-20/h5-8,11-13,28H,9-10,14-15H2,1-4H3,(H,26,29). The van der Waals surface area contributed by atoms with Crippen molar-refractivity contribution in [1.29, 1.82) is 0 Å². The van der Waals surface area contributed by atoms with Crippen molar-refractivity contribution in [3.63, 3.8) is 0 Å². The largest absolute Gasteiger partial charge is 0.624 e. The van der Waals surface area contributed by atoms with Gasteiger partial charge >= 0.3 is 0 Å². The zero-order valence-electron chi connectivity index (χ0n) is 19.0. The Morgan fingerprint density at radius 2 is 1.91 bits per heavy atom. The summed E-state index contributed by atoms with van der Waals surface area (Å²) in [6, 6.07) is 11.3. The third-order valence-corrected chi connectivity index (χ3v) is 6.65. The van der Waals surface area contributed by atoms with Crippen molar-refractivity contribution in [1.82, 2.24) is 4.90 Å². The van der Waals surface area contributed by atoms with Crippen LogP contribution >= 0.6 is 0 Å². The minimum atomic E-state index is -0.537. The van der Waals surface area contributed by atoms with Crippen LogP contribution < -0.4 is 19.9 Å². The SMILES string of the molecule is CN(C)CC(C)(C)C1=Cc2cc(NC(=O)C3(c4ccc5c(c4)OCO5)CC3)ccc2[NH+]1[O-]. The molecule has 0 aromatic heterocycles. The fourth-order valence-electron chi connectivity index (χ4n) is 4.93. The van der Waals surface area contributed by atoms with E-state index in [-0.39, 0.29) is 23.2 Å². The van der Waals surface area contributed by atoms with Gasteiger partial charge in [0, 0.05) is 29.9 Å². The van der Waals surface area contributed by atoms with Gasteiger partial charge in [0.1, 0.15) is 11.4 Å². The molecule has 168 valence electrons. The number of fused-ring (bicyclic) bond motifs is 2. The van der Waals surface area contributed by atoms with Gasteiger partial charge < -0.3 is 30.0 Å². The molecule has 0 bridgehead atoms. The Balaban J connectivity index is 1.37. The number of hydrogen-bond acceptors (Lipinski definition) is 5. The number of anilines is 1. The smallest absolute Gasteiger partial charge is 0.235 e. The van der Waals surface area contributed by atoms with E-state index in [1.807, 2.05) is 56.6 Å². The molecule has 0 spiro atoms. The molecule has 32 heavy (non-hydrogen) atoms. The van der Waals surface area contributed by atoms with Gasteiger partial charge in [-0.05, 0) is 70.6 Å². The number of hydrogen-bond donors (Lipinski definition) is 2. The van der Waals surface area contributed by atoms with Crippen molar-refractivity contribution >= 4 is 23.4 Å². The van der Waals surface area contributed by atoms with Crippen LogP contribution in [0.2, 0.25) is 0 Å². The number of nitrogens with one attached hydrogen (secondary N) is 2. The summed E-state index contributed by atoms with van der Waals surface area (Å²) < 4.78 is 10.9. The predicted molar refractivity (Wildman–Crippen MR) is 123 cm³/mol. The second-order valence-corrected chi connectivity index (χ2v) is 9.92. The number of benzene rings is 2. The minimum Gasteiger partial charge on any atom is -0.624 e. The van der Waals surface area contributed by atoms with Gasteiger partial charge in [0.15, 0.2) is 11.5 Å². The second kappa shape index (κ2) is 7.33. The summed E-state index contributed by atoms with van der Waals surface area (Å²) in [7, 11) is 4.02. The van der Waals surface area contributed by atoms with E-state index < -0.39 is 5.41 Å². The first-order chi connectivity index (χ1) is 15.2. The van der Waals surface area contributed by atoms with Crippen molar-refractivity contribution in [3.05, 3.63) is 58.4 Å². The number of nitrogens with zero attached hydrogens (tertiary/aromatic N) is 1. The lowest BCUT2D eigenvalue weighted by molar-refractivity contribution is -0.735. The van der Waals surface area contributed by atoms with Crippen LogP contribution in [0.5, 0.6) is 11.5 Å². The first kappa shape index (κ1) is 21.0. The van der Waals surface area contributed by atoms with E-state index in [0.29, 0.717) is 22.9 Å². The van der Waals surface area contributed by atoms with Crippen LogP contribution in [0.25, 0.3) is 6.08 Å². The van der Waals surface area contributed by atoms with Crippen molar-refractivity contribution in [2.75, 3.05) is 32.7 Å². The third-order valence-electron chi connectivity index (χ3n) is 6.65. The Labute approximate surface area is 188 Å². The average molecular weight is 436 g/mol. The van der Waals surface area contributed by atoms with Gasteiger partial charge in [-0.1, -0.05) is 6.07 Å². The van der Waals surface area contributed by atoms with Crippen molar-refractivity contribution in [3.8, 4) is 11.5 Å². The third kappa shape index (κ3) is 3.46. The van der Waals surface area contributed by atoms with E-state index in [1.165, 1.54) is 0 Å². The summed E-state index contributed by atoms with van der Waals surface area (Å²) in [5, 5.41) is 16.2. The van der Waals surface area contributed by atoms with Crippen LogP contribution in [0.3, 0.4) is 0 Å². The van der Waals surface area contributed by atoms with Gasteiger partial charge in [0.25, 0.3) is 0 Å². The normalized spacial score (nSPS) is 20.2. The number of carbonyl (C=O) groups is 1. The number of quaternary nitrogens is 1. The van der Waals surface area contributed by atoms with Crippen LogP contribution in [0.1, 0.15) is 37.8 Å². The molecule has 2 N–H and O–H groups in total. The lowest BCUT2D eigenvalue weighted by Gasteiger charge is -2.33. The molecule has 1 atom stereocenters. The molecule has 7 heteroatoms. The molecule has 1 saturated carbocycles. The van der Waals surface area contributed by atoms with Crippen LogP contribution in [0.15, 0.2) is 42.1 Å². The highest BCUT2D eigenvalue weighted by atomic mass is 16.7. The molecule has 0 saturated heterocycles. The average Bonchev–Trinajstić information content (AvgIpc) is 3.29. The van der Waals surface area contributed by atoms with E-state index in [0.717, 1.165) is 36.2 Å². The number of amides is 1. The molecule has 1 unspecified atom stereocenters.